The second-order valence-electron chi connectivity index (χ2n) is 15.6. The molecule has 0 unspecified atom stereocenters. The van der Waals surface area contributed by atoms with E-state index >= 15 is 0 Å². The van der Waals surface area contributed by atoms with Crippen LogP contribution in [-0.4, -0.2) is 4.57 Å². The fourth-order valence-corrected chi connectivity index (χ4v) is 9.67. The van der Waals surface area contributed by atoms with Crippen molar-refractivity contribution in [2.75, 3.05) is 0 Å². The van der Waals surface area contributed by atoms with Gasteiger partial charge in [0.1, 0.15) is 22.3 Å². The SMILES string of the molecule is c1ccc2c(c1)cc(-c1ccc(-n3c4ccc(-c5cccc6c5oc5ccccc56)cc4c4cc(-c5cccc6c5oc5ccccc56)ccc43)cc1)c1ccccc12. The molecule has 3 heteroatoms. The molecular formula is C56H33NO2. The Morgan fingerprint density at radius 2 is 0.763 bits per heavy atom. The number of nitrogens with zero attached hydrogens (tertiary/aromatic N) is 1. The first-order valence-electron chi connectivity index (χ1n) is 20.2. The van der Waals surface area contributed by atoms with Crippen molar-refractivity contribution in [1.82, 2.24) is 4.57 Å². The quantitative estimate of drug-likeness (QED) is 0.168. The third kappa shape index (κ3) is 4.76. The van der Waals surface area contributed by atoms with Crippen LogP contribution < -0.4 is 0 Å². The molecule has 0 saturated heterocycles. The molecule has 3 nitrogen and oxygen atoms in total. The molecule has 0 saturated carbocycles. The van der Waals surface area contributed by atoms with Crippen molar-refractivity contribution >= 4 is 87.2 Å². The van der Waals surface area contributed by atoms with E-state index in [-0.39, 0.29) is 0 Å². The average Bonchev–Trinajstić information content (AvgIpc) is 3.98. The molecule has 0 atom stereocenters. The van der Waals surface area contributed by atoms with E-state index in [1.807, 2.05) is 24.3 Å². The molecule has 0 spiro atoms. The molecule has 0 bridgehead atoms. The van der Waals surface area contributed by atoms with E-state index in [0.717, 1.165) is 82.9 Å². The summed E-state index contributed by atoms with van der Waals surface area (Å²) in [6, 6.07) is 72.1. The van der Waals surface area contributed by atoms with Gasteiger partial charge in [0, 0.05) is 49.1 Å². The summed E-state index contributed by atoms with van der Waals surface area (Å²) in [5.74, 6) is 0. The van der Waals surface area contributed by atoms with E-state index in [4.69, 9.17) is 8.83 Å². The smallest absolute Gasteiger partial charge is 0.143 e. The fourth-order valence-electron chi connectivity index (χ4n) is 9.67. The number of fused-ring (bicyclic) bond motifs is 12. The van der Waals surface area contributed by atoms with Gasteiger partial charge in [-0.05, 0) is 98.4 Å². The van der Waals surface area contributed by atoms with Gasteiger partial charge in [-0.15, -0.1) is 0 Å². The van der Waals surface area contributed by atoms with Gasteiger partial charge in [0.25, 0.3) is 0 Å². The van der Waals surface area contributed by atoms with Gasteiger partial charge in [-0.3, -0.25) is 0 Å². The zero-order chi connectivity index (χ0) is 38.6. The summed E-state index contributed by atoms with van der Waals surface area (Å²) >= 11 is 0. The minimum atomic E-state index is 0.900. The highest BCUT2D eigenvalue weighted by Gasteiger charge is 2.19. The van der Waals surface area contributed by atoms with E-state index in [2.05, 4.69) is 180 Å². The lowest BCUT2D eigenvalue weighted by molar-refractivity contribution is 0.669. The van der Waals surface area contributed by atoms with Gasteiger partial charge in [0.05, 0.1) is 11.0 Å². The summed E-state index contributed by atoms with van der Waals surface area (Å²) in [6.07, 6.45) is 0. The highest BCUT2D eigenvalue weighted by molar-refractivity contribution is 6.16. The van der Waals surface area contributed by atoms with E-state index in [1.54, 1.807) is 0 Å². The predicted octanol–water partition coefficient (Wildman–Crippen LogP) is 15.9. The largest absolute Gasteiger partial charge is 0.455 e. The van der Waals surface area contributed by atoms with E-state index in [0.29, 0.717) is 0 Å². The molecule has 0 fully saturated rings. The molecule has 0 radical (unpaired) electrons. The van der Waals surface area contributed by atoms with Gasteiger partial charge in [0.2, 0.25) is 0 Å². The third-order valence-corrected chi connectivity index (χ3v) is 12.4. The van der Waals surface area contributed by atoms with Crippen LogP contribution in [0.2, 0.25) is 0 Å². The van der Waals surface area contributed by atoms with Crippen molar-refractivity contribution < 1.29 is 8.83 Å². The molecule has 10 aromatic carbocycles. The molecule has 3 aromatic heterocycles. The molecule has 0 aliphatic heterocycles. The standard InChI is InChI=1S/C56H33NO2/c1-2-12-39-35(11-1)31-48(43-14-4-3-13-42(39)43)34-23-27-38(28-24-34)57-51-29-25-36(40-17-9-19-46-44-15-5-7-21-53(44)58-55(40)46)32-49(51)50-33-37(26-30-52(50)57)41-18-10-20-47-45-16-6-8-22-54(45)59-56(41)47/h1-33H. The second-order valence-corrected chi connectivity index (χ2v) is 15.6. The van der Waals surface area contributed by atoms with Gasteiger partial charge in [-0.2, -0.15) is 0 Å². The number of hydrogen-bond acceptors (Lipinski definition) is 2. The van der Waals surface area contributed by atoms with Gasteiger partial charge in [-0.25, -0.2) is 0 Å². The summed E-state index contributed by atoms with van der Waals surface area (Å²) in [5.41, 5.74) is 13.8. The lowest BCUT2D eigenvalue weighted by atomic mass is 9.93. The number of rotatable bonds is 4. The third-order valence-electron chi connectivity index (χ3n) is 12.4. The van der Waals surface area contributed by atoms with Crippen LogP contribution in [0.15, 0.2) is 209 Å². The maximum absolute atomic E-state index is 6.54. The topological polar surface area (TPSA) is 31.2 Å². The molecule has 13 rings (SSSR count). The first-order valence-corrected chi connectivity index (χ1v) is 20.2. The summed E-state index contributed by atoms with van der Waals surface area (Å²) in [4.78, 5) is 0. The first kappa shape index (κ1) is 32.2. The number of furan rings is 2. The van der Waals surface area contributed by atoms with Gasteiger partial charge >= 0.3 is 0 Å². The zero-order valence-corrected chi connectivity index (χ0v) is 31.8. The minimum Gasteiger partial charge on any atom is -0.455 e. The van der Waals surface area contributed by atoms with Crippen LogP contribution in [0, 0.1) is 0 Å². The van der Waals surface area contributed by atoms with E-state index in [1.165, 1.54) is 43.4 Å². The Hall–Kier alpha value is -7.88. The van der Waals surface area contributed by atoms with Crippen LogP contribution >= 0.6 is 0 Å². The fraction of sp³-hybridized carbons (Fsp3) is 0. The first-order chi connectivity index (χ1) is 29.2. The van der Waals surface area contributed by atoms with Crippen molar-refractivity contribution in [1.29, 1.82) is 0 Å². The summed E-state index contributed by atoms with van der Waals surface area (Å²) in [5, 5.41) is 11.9. The van der Waals surface area contributed by atoms with Crippen molar-refractivity contribution in [3.63, 3.8) is 0 Å². The van der Waals surface area contributed by atoms with Gasteiger partial charge < -0.3 is 13.4 Å². The Bertz CT molecular complexity index is 3670. The molecule has 0 aliphatic carbocycles. The average molecular weight is 752 g/mol. The molecule has 3 heterocycles. The number of aromatic nitrogens is 1. The molecule has 274 valence electrons. The summed E-state index contributed by atoms with van der Waals surface area (Å²) < 4.78 is 15.5. The Morgan fingerprint density at radius 3 is 1.36 bits per heavy atom. The van der Waals surface area contributed by atoms with Crippen molar-refractivity contribution in [3.05, 3.63) is 200 Å². The number of para-hydroxylation sites is 4. The van der Waals surface area contributed by atoms with E-state index < -0.39 is 0 Å². The zero-order valence-electron chi connectivity index (χ0n) is 31.8. The lowest BCUT2D eigenvalue weighted by Gasteiger charge is -2.13. The Balaban J connectivity index is 1.03. The highest BCUT2D eigenvalue weighted by atomic mass is 16.3. The minimum absolute atomic E-state index is 0.900. The molecule has 13 aromatic rings. The summed E-state index contributed by atoms with van der Waals surface area (Å²) in [6.45, 7) is 0. The van der Waals surface area contributed by atoms with Gasteiger partial charge in [0.15, 0.2) is 0 Å². The molecule has 0 N–H and O–H groups in total. The highest BCUT2D eigenvalue weighted by Crippen LogP contribution is 2.43. The predicted molar refractivity (Wildman–Crippen MR) is 247 cm³/mol. The normalized spacial score (nSPS) is 12.1. The maximum Gasteiger partial charge on any atom is 0.143 e. The Morgan fingerprint density at radius 1 is 0.288 bits per heavy atom. The summed E-state index contributed by atoms with van der Waals surface area (Å²) in [7, 11) is 0. The van der Waals surface area contributed by atoms with Crippen LogP contribution in [0.4, 0.5) is 0 Å². The van der Waals surface area contributed by atoms with Crippen molar-refractivity contribution in [2.24, 2.45) is 0 Å². The number of hydrogen-bond donors (Lipinski definition) is 0. The maximum atomic E-state index is 6.54. The van der Waals surface area contributed by atoms with Crippen molar-refractivity contribution in [2.45, 2.75) is 0 Å². The van der Waals surface area contributed by atoms with E-state index in [9.17, 15) is 0 Å². The molecule has 0 aliphatic rings. The second kappa shape index (κ2) is 12.3. The van der Waals surface area contributed by atoms with Crippen LogP contribution in [0.25, 0.3) is 126 Å². The monoisotopic (exact) mass is 751 g/mol. The van der Waals surface area contributed by atoms with Crippen LogP contribution in [0.1, 0.15) is 0 Å². The Labute approximate surface area is 338 Å². The van der Waals surface area contributed by atoms with Crippen LogP contribution in [-0.2, 0) is 0 Å². The van der Waals surface area contributed by atoms with Crippen LogP contribution in [0.3, 0.4) is 0 Å². The van der Waals surface area contributed by atoms with Crippen molar-refractivity contribution in [3.8, 4) is 39.1 Å². The van der Waals surface area contributed by atoms with Crippen LogP contribution in [0.5, 0.6) is 0 Å². The molecular weight excluding hydrogens is 719 g/mol. The Kier molecular flexibility index (Phi) is 6.72. The number of benzene rings is 10. The lowest BCUT2D eigenvalue weighted by Crippen LogP contribution is -1.94. The molecule has 0 amide bonds. The van der Waals surface area contributed by atoms with Gasteiger partial charge in [-0.1, -0.05) is 146 Å². The molecule has 59 heavy (non-hydrogen) atoms.